The highest BCUT2D eigenvalue weighted by Crippen LogP contribution is 2.00. The summed E-state index contributed by atoms with van der Waals surface area (Å²) in [6, 6.07) is 1.73. The molecule has 0 aliphatic carbocycles. The Bertz CT molecular complexity index is 418. The van der Waals surface area contributed by atoms with Crippen molar-refractivity contribution in [1.82, 2.24) is 9.97 Å². The lowest BCUT2D eigenvalue weighted by Crippen LogP contribution is -2.18. The molecule has 0 aromatic carbocycles. The lowest BCUT2D eigenvalue weighted by atomic mass is 10.4. The van der Waals surface area contributed by atoms with Crippen LogP contribution < -0.4 is 10.5 Å². The molecule has 7 heteroatoms. The minimum absolute atomic E-state index is 0.0237. The summed E-state index contributed by atoms with van der Waals surface area (Å²) in [6.07, 6.45) is 2.10. The molecule has 0 bridgehead atoms. The van der Waals surface area contributed by atoms with Gasteiger partial charge >= 0.3 is 0 Å². The molecule has 0 aliphatic rings. The number of aromatic nitrogens is 2. The molecule has 0 spiro atoms. The molecule has 1 heterocycles. The Morgan fingerprint density at radius 2 is 2.27 bits per heavy atom. The van der Waals surface area contributed by atoms with Crippen molar-refractivity contribution in [2.75, 3.05) is 17.6 Å². The number of nitrogens with one attached hydrogen (secondary N) is 1. The van der Waals surface area contributed by atoms with E-state index >= 15 is 0 Å². The van der Waals surface area contributed by atoms with E-state index in [0.29, 0.717) is 24.6 Å². The molecule has 1 aromatic rings. The molecular formula is C8H14N4O2S. The van der Waals surface area contributed by atoms with Crippen LogP contribution >= 0.6 is 0 Å². The maximum absolute atomic E-state index is 10.6. The second-order valence-electron chi connectivity index (χ2n) is 3.14. The zero-order valence-corrected chi connectivity index (χ0v) is 9.29. The molecule has 6 nitrogen and oxygen atoms in total. The minimum atomic E-state index is -3.36. The molecule has 0 saturated heterocycles. The van der Waals surface area contributed by atoms with Crippen LogP contribution in [-0.2, 0) is 10.0 Å². The smallest absolute Gasteiger partial charge is 0.209 e. The number of aryl methyl sites for hydroxylation is 1. The van der Waals surface area contributed by atoms with Crippen LogP contribution in [0.15, 0.2) is 12.3 Å². The number of nitrogens with zero attached hydrogens (tertiary/aromatic N) is 2. The molecule has 0 amide bonds. The lowest BCUT2D eigenvalue weighted by Gasteiger charge is -2.04. The van der Waals surface area contributed by atoms with Crippen LogP contribution in [0.25, 0.3) is 0 Å². The van der Waals surface area contributed by atoms with Crippen molar-refractivity contribution >= 4 is 15.8 Å². The number of primary sulfonamides is 1. The van der Waals surface area contributed by atoms with Gasteiger partial charge in [-0.05, 0) is 19.4 Å². The molecular weight excluding hydrogens is 216 g/mol. The Morgan fingerprint density at radius 3 is 2.87 bits per heavy atom. The van der Waals surface area contributed by atoms with Crippen LogP contribution in [0.1, 0.15) is 12.2 Å². The molecule has 1 aromatic heterocycles. The normalized spacial score (nSPS) is 11.3. The lowest BCUT2D eigenvalue weighted by molar-refractivity contribution is 0.595. The number of nitrogens with two attached hydrogens (primary N) is 1. The van der Waals surface area contributed by atoms with Crippen LogP contribution in [0.2, 0.25) is 0 Å². The molecule has 3 N–H and O–H groups in total. The Balaban J connectivity index is 2.32. The minimum Gasteiger partial charge on any atom is -0.370 e. The molecule has 15 heavy (non-hydrogen) atoms. The van der Waals surface area contributed by atoms with E-state index < -0.39 is 10.0 Å². The van der Waals surface area contributed by atoms with Crippen molar-refractivity contribution < 1.29 is 8.42 Å². The number of anilines is 1. The Kier molecular flexibility index (Phi) is 3.98. The number of sulfonamides is 1. The Morgan fingerprint density at radius 1 is 1.53 bits per heavy atom. The van der Waals surface area contributed by atoms with Gasteiger partial charge in [0.2, 0.25) is 10.0 Å². The summed E-state index contributed by atoms with van der Waals surface area (Å²) in [4.78, 5) is 8.04. The van der Waals surface area contributed by atoms with Gasteiger partial charge in [-0.2, -0.15) is 0 Å². The second-order valence-corrected chi connectivity index (χ2v) is 4.87. The largest absolute Gasteiger partial charge is 0.370 e. The van der Waals surface area contributed by atoms with E-state index in [4.69, 9.17) is 5.14 Å². The quantitative estimate of drug-likeness (QED) is 0.687. The van der Waals surface area contributed by atoms with Crippen LogP contribution in [0.5, 0.6) is 0 Å². The van der Waals surface area contributed by atoms with Gasteiger partial charge < -0.3 is 5.32 Å². The third kappa shape index (κ3) is 5.28. The fourth-order valence-corrected chi connectivity index (χ4v) is 1.59. The van der Waals surface area contributed by atoms with Crippen molar-refractivity contribution in [2.45, 2.75) is 13.3 Å². The van der Waals surface area contributed by atoms with E-state index in [1.54, 1.807) is 19.2 Å². The zero-order chi connectivity index (χ0) is 11.3. The van der Waals surface area contributed by atoms with Gasteiger partial charge in [-0.25, -0.2) is 23.5 Å². The maximum Gasteiger partial charge on any atom is 0.209 e. The average Bonchev–Trinajstić information content (AvgIpc) is 2.11. The first-order valence-corrected chi connectivity index (χ1v) is 6.23. The fourth-order valence-electron chi connectivity index (χ4n) is 1.04. The molecule has 1 rings (SSSR count). The van der Waals surface area contributed by atoms with Crippen molar-refractivity contribution in [3.8, 4) is 0 Å². The van der Waals surface area contributed by atoms with Gasteiger partial charge in [0.15, 0.2) is 0 Å². The topological polar surface area (TPSA) is 98.0 Å². The second kappa shape index (κ2) is 5.04. The third-order valence-electron chi connectivity index (χ3n) is 1.69. The van der Waals surface area contributed by atoms with Gasteiger partial charge in [0.1, 0.15) is 11.6 Å². The van der Waals surface area contributed by atoms with E-state index in [1.807, 2.05) is 0 Å². The van der Waals surface area contributed by atoms with E-state index in [1.165, 1.54) is 0 Å². The highest BCUT2D eigenvalue weighted by Gasteiger charge is 2.01. The third-order valence-corrected chi connectivity index (χ3v) is 2.55. The summed E-state index contributed by atoms with van der Waals surface area (Å²) in [6.45, 7) is 2.31. The molecule has 0 radical (unpaired) electrons. The van der Waals surface area contributed by atoms with E-state index in [-0.39, 0.29) is 5.75 Å². The summed E-state index contributed by atoms with van der Waals surface area (Å²) in [5.41, 5.74) is 0. The average molecular weight is 230 g/mol. The first-order valence-electron chi connectivity index (χ1n) is 4.51. The predicted octanol–water partition coefficient (Wildman–Crippen LogP) is -0.124. The molecule has 0 saturated carbocycles. The Hall–Kier alpha value is -1.21. The number of hydrogen-bond acceptors (Lipinski definition) is 5. The van der Waals surface area contributed by atoms with Gasteiger partial charge in [-0.1, -0.05) is 0 Å². The summed E-state index contributed by atoms with van der Waals surface area (Å²) in [7, 11) is -3.36. The van der Waals surface area contributed by atoms with Crippen LogP contribution in [0.4, 0.5) is 5.82 Å². The summed E-state index contributed by atoms with van der Waals surface area (Å²) in [5, 5.41) is 7.84. The van der Waals surface area contributed by atoms with Gasteiger partial charge in [0.25, 0.3) is 0 Å². The molecule has 0 unspecified atom stereocenters. The monoisotopic (exact) mass is 230 g/mol. The van der Waals surface area contributed by atoms with Gasteiger partial charge in [-0.15, -0.1) is 0 Å². The van der Waals surface area contributed by atoms with E-state index in [9.17, 15) is 8.42 Å². The molecule has 0 fully saturated rings. The van der Waals surface area contributed by atoms with Gasteiger partial charge in [0, 0.05) is 12.7 Å². The maximum atomic E-state index is 10.6. The van der Waals surface area contributed by atoms with Gasteiger partial charge in [-0.3, -0.25) is 0 Å². The summed E-state index contributed by atoms with van der Waals surface area (Å²) >= 11 is 0. The summed E-state index contributed by atoms with van der Waals surface area (Å²) in [5.74, 6) is 1.34. The van der Waals surface area contributed by atoms with Gasteiger partial charge in [0.05, 0.1) is 5.75 Å². The van der Waals surface area contributed by atoms with Crippen molar-refractivity contribution in [3.63, 3.8) is 0 Å². The van der Waals surface area contributed by atoms with Crippen LogP contribution in [0.3, 0.4) is 0 Å². The molecule has 0 aliphatic heterocycles. The standard InChI is InChI=1S/C8H14N4O2S/c1-7-10-5-3-8(12-7)11-4-2-6-15(9,13)14/h3,5H,2,4,6H2,1H3,(H2,9,13,14)(H,10,11,12). The van der Waals surface area contributed by atoms with Crippen molar-refractivity contribution in [3.05, 3.63) is 18.1 Å². The van der Waals surface area contributed by atoms with Crippen LogP contribution in [0, 0.1) is 6.92 Å². The van der Waals surface area contributed by atoms with E-state index in [0.717, 1.165) is 0 Å². The van der Waals surface area contributed by atoms with Crippen LogP contribution in [-0.4, -0.2) is 30.7 Å². The van der Waals surface area contributed by atoms with Crippen molar-refractivity contribution in [1.29, 1.82) is 0 Å². The Labute approximate surface area is 89.0 Å². The summed E-state index contributed by atoms with van der Waals surface area (Å²) < 4.78 is 21.2. The molecule has 0 atom stereocenters. The highest BCUT2D eigenvalue weighted by molar-refractivity contribution is 7.89. The first kappa shape index (κ1) is 11.9. The zero-order valence-electron chi connectivity index (χ0n) is 8.47. The number of rotatable bonds is 5. The first-order chi connectivity index (χ1) is 6.97. The van der Waals surface area contributed by atoms with Crippen molar-refractivity contribution in [2.24, 2.45) is 5.14 Å². The highest BCUT2D eigenvalue weighted by atomic mass is 32.2. The molecule has 84 valence electrons. The van der Waals surface area contributed by atoms with E-state index in [2.05, 4.69) is 15.3 Å². The number of hydrogen-bond donors (Lipinski definition) is 2. The SMILES string of the molecule is Cc1nccc(NCCCS(N)(=O)=O)n1. The predicted molar refractivity (Wildman–Crippen MR) is 57.8 cm³/mol. The fraction of sp³-hybridized carbons (Fsp3) is 0.500.